The maximum atomic E-state index is 15.1. The molecule has 0 aliphatic carbocycles. The number of carbonyl (C=O) groups is 1. The van der Waals surface area contributed by atoms with Crippen molar-refractivity contribution in [2.45, 2.75) is 30.3 Å². The Bertz CT molecular complexity index is 1160. The van der Waals surface area contributed by atoms with Crippen molar-refractivity contribution in [3.63, 3.8) is 0 Å². The van der Waals surface area contributed by atoms with E-state index in [4.69, 9.17) is 28.0 Å². The van der Waals surface area contributed by atoms with E-state index in [0.717, 1.165) is 23.1 Å². The molecule has 4 nitrogen and oxygen atoms in total. The van der Waals surface area contributed by atoms with Crippen LogP contribution in [-0.2, 0) is 20.9 Å². The Labute approximate surface area is 204 Å². The molecular formula is C22H15Cl2F7N2O2. The normalized spacial score (nSPS) is 21.5. The molecule has 1 atom stereocenters. The first kappa shape index (κ1) is 25.6. The maximum Gasteiger partial charge on any atom is 0.428 e. The van der Waals surface area contributed by atoms with Gasteiger partial charge in [0.1, 0.15) is 0 Å². The number of halogens is 9. The van der Waals surface area contributed by atoms with Gasteiger partial charge in [0.2, 0.25) is 17.9 Å². The van der Waals surface area contributed by atoms with Gasteiger partial charge in [0.05, 0.1) is 35.3 Å². The number of nitrogens with zero attached hydrogens (tertiary/aromatic N) is 1. The van der Waals surface area contributed by atoms with Crippen LogP contribution in [0.1, 0.15) is 23.1 Å². The summed E-state index contributed by atoms with van der Waals surface area (Å²) in [4.78, 5) is 17.5. The standard InChI is InChI=1S/C22H15Cl2F7N2O2/c23-14-5-13(6-15(24)19(14)27)21(22(29,30)31)8-16(32-35-21)11-1-3-12(4-2-11)20(28)9-33(10-20)18(34)7-17(25)26/h1-6,8,17,32H,7,9-10H2. The van der Waals surface area contributed by atoms with Crippen molar-refractivity contribution < 1.29 is 40.4 Å². The molecule has 1 saturated heterocycles. The van der Waals surface area contributed by atoms with Gasteiger partial charge in [-0.2, -0.15) is 13.2 Å². The van der Waals surface area contributed by atoms with Crippen LogP contribution in [0.5, 0.6) is 0 Å². The first-order valence-electron chi connectivity index (χ1n) is 10.0. The largest absolute Gasteiger partial charge is 0.428 e. The summed E-state index contributed by atoms with van der Waals surface area (Å²) < 4.78 is 95.8. The Morgan fingerprint density at radius 3 is 2.17 bits per heavy atom. The summed E-state index contributed by atoms with van der Waals surface area (Å²) in [5.74, 6) is -1.95. The fourth-order valence-electron chi connectivity index (χ4n) is 3.88. The number of hydroxylamine groups is 1. The summed E-state index contributed by atoms with van der Waals surface area (Å²) in [7, 11) is 0. The molecule has 2 aliphatic heterocycles. The van der Waals surface area contributed by atoms with Gasteiger partial charge in [-0.15, -0.1) is 0 Å². The minimum absolute atomic E-state index is 0.110. The number of alkyl halides is 6. The highest BCUT2D eigenvalue weighted by Gasteiger charge is 2.60. The molecular weight excluding hydrogens is 528 g/mol. The second-order valence-electron chi connectivity index (χ2n) is 8.14. The van der Waals surface area contributed by atoms with Crippen molar-refractivity contribution in [2.24, 2.45) is 0 Å². The Kier molecular flexibility index (Phi) is 6.48. The molecule has 0 spiro atoms. The predicted octanol–water partition coefficient (Wildman–Crippen LogP) is 6.13. The lowest BCUT2D eigenvalue weighted by Gasteiger charge is -2.44. The second-order valence-corrected chi connectivity index (χ2v) is 8.95. The van der Waals surface area contributed by atoms with Crippen LogP contribution in [0.15, 0.2) is 42.5 Å². The molecule has 0 aromatic heterocycles. The average Bonchev–Trinajstić information content (AvgIpc) is 3.21. The zero-order chi connectivity index (χ0) is 25.8. The third-order valence-electron chi connectivity index (χ3n) is 5.78. The summed E-state index contributed by atoms with van der Waals surface area (Å²) in [5.41, 5.74) is -3.16. The van der Waals surface area contributed by atoms with Crippen LogP contribution in [0.3, 0.4) is 0 Å². The number of likely N-dealkylation sites (tertiary alicyclic amines) is 1. The van der Waals surface area contributed by atoms with Crippen LogP contribution >= 0.6 is 23.2 Å². The van der Waals surface area contributed by atoms with Gasteiger partial charge in [-0.25, -0.2) is 17.6 Å². The molecule has 1 amide bonds. The van der Waals surface area contributed by atoms with Crippen LogP contribution in [0, 0.1) is 5.82 Å². The van der Waals surface area contributed by atoms with E-state index >= 15 is 4.39 Å². The molecule has 0 radical (unpaired) electrons. The van der Waals surface area contributed by atoms with Gasteiger partial charge in [0.25, 0.3) is 0 Å². The Hall–Kier alpha value is -2.50. The van der Waals surface area contributed by atoms with E-state index in [1.165, 1.54) is 24.3 Å². The minimum Gasteiger partial charge on any atom is -0.335 e. The summed E-state index contributed by atoms with van der Waals surface area (Å²) in [6, 6.07) is 6.80. The lowest BCUT2D eigenvalue weighted by molar-refractivity contribution is -0.269. The topological polar surface area (TPSA) is 41.6 Å². The van der Waals surface area contributed by atoms with Crippen LogP contribution < -0.4 is 5.48 Å². The van der Waals surface area contributed by atoms with E-state index in [-0.39, 0.29) is 16.8 Å². The number of hydrogen-bond donors (Lipinski definition) is 1. The van der Waals surface area contributed by atoms with Crippen molar-refractivity contribution >= 4 is 34.8 Å². The van der Waals surface area contributed by atoms with E-state index in [1.807, 2.05) is 0 Å². The van der Waals surface area contributed by atoms with Gasteiger partial charge in [-0.1, -0.05) is 47.5 Å². The third kappa shape index (κ3) is 4.56. The lowest BCUT2D eigenvalue weighted by Crippen LogP contribution is -2.59. The van der Waals surface area contributed by atoms with Crippen molar-refractivity contribution in [2.75, 3.05) is 13.1 Å². The van der Waals surface area contributed by atoms with Crippen LogP contribution in [0.4, 0.5) is 30.7 Å². The summed E-state index contributed by atoms with van der Waals surface area (Å²) in [6.07, 6.45) is -8.12. The SMILES string of the molecule is O=C(CC(F)F)N1CC(F)(c2ccc(C3=CC(c4cc(Cl)c(F)c(Cl)c4)(C(F)(F)F)ON3)cc2)C1. The molecule has 0 bridgehead atoms. The number of benzene rings is 2. The number of carbonyl (C=O) groups excluding carboxylic acids is 1. The molecule has 2 aliphatic rings. The number of amides is 1. The Morgan fingerprint density at radius 1 is 1.09 bits per heavy atom. The molecule has 2 heterocycles. The van der Waals surface area contributed by atoms with Gasteiger partial charge >= 0.3 is 6.18 Å². The molecule has 35 heavy (non-hydrogen) atoms. The summed E-state index contributed by atoms with van der Waals surface area (Å²) >= 11 is 11.4. The molecule has 13 heteroatoms. The van der Waals surface area contributed by atoms with Gasteiger partial charge in [-0.05, 0) is 29.3 Å². The van der Waals surface area contributed by atoms with E-state index in [1.54, 1.807) is 0 Å². The third-order valence-corrected chi connectivity index (χ3v) is 6.33. The molecule has 188 valence electrons. The molecule has 2 aromatic carbocycles. The highest BCUT2D eigenvalue weighted by atomic mass is 35.5. The minimum atomic E-state index is -5.00. The van der Waals surface area contributed by atoms with Crippen molar-refractivity contribution in [1.82, 2.24) is 10.4 Å². The highest BCUT2D eigenvalue weighted by Crippen LogP contribution is 2.49. The van der Waals surface area contributed by atoms with Crippen molar-refractivity contribution in [3.05, 3.63) is 75.0 Å². The van der Waals surface area contributed by atoms with Crippen molar-refractivity contribution in [3.8, 4) is 0 Å². The molecule has 2 aromatic rings. The van der Waals surface area contributed by atoms with E-state index in [0.29, 0.717) is 0 Å². The fourth-order valence-corrected chi connectivity index (χ4v) is 4.37. The smallest absolute Gasteiger partial charge is 0.335 e. The first-order chi connectivity index (χ1) is 16.3. The summed E-state index contributed by atoms with van der Waals surface area (Å²) in [5, 5.41) is -1.25. The Balaban J connectivity index is 1.58. The molecule has 1 unspecified atom stereocenters. The number of hydrogen-bond acceptors (Lipinski definition) is 3. The van der Waals surface area contributed by atoms with Gasteiger partial charge in [0, 0.05) is 5.56 Å². The molecule has 1 N–H and O–H groups in total. The van der Waals surface area contributed by atoms with Gasteiger partial charge in [-0.3, -0.25) is 15.1 Å². The molecule has 1 fully saturated rings. The van der Waals surface area contributed by atoms with E-state index in [9.17, 15) is 31.1 Å². The summed E-state index contributed by atoms with van der Waals surface area (Å²) in [6.45, 7) is -0.823. The second kappa shape index (κ2) is 8.86. The zero-order valence-corrected chi connectivity index (χ0v) is 18.9. The van der Waals surface area contributed by atoms with Crippen LogP contribution in [0.25, 0.3) is 5.70 Å². The number of rotatable bonds is 5. The van der Waals surface area contributed by atoms with Crippen molar-refractivity contribution in [1.29, 1.82) is 0 Å². The first-order valence-corrected chi connectivity index (χ1v) is 10.8. The highest BCUT2D eigenvalue weighted by molar-refractivity contribution is 6.35. The lowest BCUT2D eigenvalue weighted by atomic mass is 9.86. The number of nitrogens with one attached hydrogen (secondary N) is 1. The molecule has 0 saturated carbocycles. The predicted molar refractivity (Wildman–Crippen MR) is 113 cm³/mol. The van der Waals surface area contributed by atoms with Crippen LogP contribution in [0.2, 0.25) is 10.0 Å². The van der Waals surface area contributed by atoms with E-state index in [2.05, 4.69) is 5.48 Å². The van der Waals surface area contributed by atoms with E-state index < -0.39 is 70.7 Å². The van der Waals surface area contributed by atoms with Gasteiger partial charge < -0.3 is 4.90 Å². The van der Waals surface area contributed by atoms with Gasteiger partial charge in [0.15, 0.2) is 11.5 Å². The monoisotopic (exact) mass is 542 g/mol. The van der Waals surface area contributed by atoms with Crippen LogP contribution in [-0.4, -0.2) is 36.5 Å². The Morgan fingerprint density at radius 2 is 1.66 bits per heavy atom. The average molecular weight is 543 g/mol. The quantitative estimate of drug-likeness (QED) is 0.365. The molecule has 4 rings (SSSR count). The zero-order valence-electron chi connectivity index (χ0n) is 17.4. The maximum absolute atomic E-state index is 15.1. The fraction of sp³-hybridized carbons (Fsp3) is 0.318.